The molecule has 0 fully saturated rings. The smallest absolute Gasteiger partial charge is 0.243 e. The van der Waals surface area contributed by atoms with Crippen molar-refractivity contribution in [3.8, 4) is 0 Å². The Bertz CT molecular complexity index is 495. The number of hydrogen-bond donors (Lipinski definition) is 3. The number of nitrogens with one attached hydrogen (secondary N) is 2. The first-order valence-electron chi connectivity index (χ1n) is 6.48. The van der Waals surface area contributed by atoms with Gasteiger partial charge < -0.3 is 16.4 Å². The van der Waals surface area contributed by atoms with Crippen molar-refractivity contribution in [3.63, 3.8) is 0 Å². The fourth-order valence-electron chi connectivity index (χ4n) is 1.77. The number of amides is 2. The zero-order valence-corrected chi connectivity index (χ0v) is 12.9. The van der Waals surface area contributed by atoms with Gasteiger partial charge in [-0.15, -0.1) is 12.4 Å². The third-order valence-corrected chi connectivity index (χ3v) is 2.81. The van der Waals surface area contributed by atoms with Crippen molar-refractivity contribution in [3.05, 3.63) is 30.1 Å². The highest BCUT2D eigenvalue weighted by molar-refractivity contribution is 5.96. The van der Waals surface area contributed by atoms with Crippen molar-refractivity contribution < 1.29 is 14.0 Å². The Labute approximate surface area is 129 Å². The number of carbonyl (C=O) groups is 2. The van der Waals surface area contributed by atoms with Crippen LogP contribution in [0.3, 0.4) is 0 Å². The van der Waals surface area contributed by atoms with Crippen LogP contribution in [-0.2, 0) is 9.59 Å². The van der Waals surface area contributed by atoms with Gasteiger partial charge in [0.15, 0.2) is 0 Å². The van der Waals surface area contributed by atoms with Crippen molar-refractivity contribution in [1.29, 1.82) is 0 Å². The molecule has 0 aliphatic rings. The van der Waals surface area contributed by atoms with Crippen LogP contribution in [-0.4, -0.2) is 23.9 Å². The zero-order chi connectivity index (χ0) is 15.2. The minimum Gasteiger partial charge on any atom is -0.345 e. The zero-order valence-electron chi connectivity index (χ0n) is 12.1. The molecule has 0 aliphatic carbocycles. The van der Waals surface area contributed by atoms with Gasteiger partial charge >= 0.3 is 0 Å². The summed E-state index contributed by atoms with van der Waals surface area (Å²) in [6, 6.07) is 5.53. The summed E-state index contributed by atoms with van der Waals surface area (Å²) in [6.45, 7) is 3.34. The average molecular weight is 318 g/mol. The van der Waals surface area contributed by atoms with Gasteiger partial charge in [0.25, 0.3) is 0 Å². The molecule has 1 rings (SSSR count). The largest absolute Gasteiger partial charge is 0.345 e. The molecule has 0 bridgehead atoms. The molecule has 4 N–H and O–H groups in total. The molecule has 0 spiro atoms. The van der Waals surface area contributed by atoms with E-state index in [1.807, 2.05) is 6.92 Å². The number of nitrogens with two attached hydrogens (primary N) is 1. The molecule has 1 atom stereocenters. The van der Waals surface area contributed by atoms with Crippen molar-refractivity contribution in [2.45, 2.75) is 32.2 Å². The predicted octanol–water partition coefficient (Wildman–Crippen LogP) is 1.82. The quantitative estimate of drug-likeness (QED) is 0.748. The lowest BCUT2D eigenvalue weighted by atomic mass is 9.96. The Morgan fingerprint density at radius 3 is 2.62 bits per heavy atom. The van der Waals surface area contributed by atoms with Crippen molar-refractivity contribution in [2.24, 2.45) is 5.73 Å². The monoisotopic (exact) mass is 317 g/mol. The van der Waals surface area contributed by atoms with Gasteiger partial charge in [-0.2, -0.15) is 0 Å². The van der Waals surface area contributed by atoms with Crippen LogP contribution in [0, 0.1) is 5.82 Å². The topological polar surface area (TPSA) is 84.2 Å². The Morgan fingerprint density at radius 1 is 1.38 bits per heavy atom. The van der Waals surface area contributed by atoms with Crippen LogP contribution < -0.4 is 16.4 Å². The van der Waals surface area contributed by atoms with Crippen molar-refractivity contribution in [2.75, 3.05) is 11.9 Å². The maximum atomic E-state index is 12.9. The van der Waals surface area contributed by atoms with Gasteiger partial charge in [0.2, 0.25) is 11.8 Å². The van der Waals surface area contributed by atoms with Crippen LogP contribution in [0.25, 0.3) is 0 Å². The maximum absolute atomic E-state index is 12.9. The van der Waals surface area contributed by atoms with Crippen LogP contribution in [0.4, 0.5) is 10.1 Å². The Kier molecular flexibility index (Phi) is 7.91. The van der Waals surface area contributed by atoms with Crippen LogP contribution >= 0.6 is 12.4 Å². The number of anilines is 1. The number of hydrogen-bond acceptors (Lipinski definition) is 3. The highest BCUT2D eigenvalue weighted by Gasteiger charge is 2.27. The standard InChI is InChI=1S/C14H20FN3O2.ClH/c1-3-7-14(2,16)13(20)17-9-12(19)18-11-6-4-5-10(15)8-11;/h4-6,8H,3,7,9,16H2,1-2H3,(H,17,20)(H,18,19);1H. The summed E-state index contributed by atoms with van der Waals surface area (Å²) in [5.41, 5.74) is 5.18. The molecule has 1 aromatic rings. The molecule has 21 heavy (non-hydrogen) atoms. The molecule has 0 radical (unpaired) electrons. The van der Waals surface area contributed by atoms with Gasteiger partial charge in [-0.25, -0.2) is 4.39 Å². The van der Waals surface area contributed by atoms with E-state index in [4.69, 9.17) is 5.73 Å². The van der Waals surface area contributed by atoms with E-state index < -0.39 is 17.3 Å². The molecule has 1 unspecified atom stereocenters. The first-order chi connectivity index (χ1) is 9.35. The molecule has 7 heteroatoms. The second-order valence-electron chi connectivity index (χ2n) is 4.91. The van der Waals surface area contributed by atoms with Gasteiger partial charge in [-0.1, -0.05) is 19.4 Å². The molecule has 1 aromatic carbocycles. The van der Waals surface area contributed by atoms with E-state index in [1.54, 1.807) is 13.0 Å². The highest BCUT2D eigenvalue weighted by atomic mass is 35.5. The molecule has 5 nitrogen and oxygen atoms in total. The van der Waals surface area contributed by atoms with Crippen LogP contribution in [0.1, 0.15) is 26.7 Å². The molecule has 0 aromatic heterocycles. The summed E-state index contributed by atoms with van der Waals surface area (Å²) in [6.07, 6.45) is 1.31. The van der Waals surface area contributed by atoms with Crippen LogP contribution in [0.2, 0.25) is 0 Å². The normalized spacial score (nSPS) is 12.8. The number of benzene rings is 1. The predicted molar refractivity (Wildman–Crippen MR) is 82.8 cm³/mol. The van der Waals surface area contributed by atoms with E-state index in [1.165, 1.54) is 18.2 Å². The Morgan fingerprint density at radius 2 is 2.05 bits per heavy atom. The fourth-order valence-corrected chi connectivity index (χ4v) is 1.77. The second-order valence-corrected chi connectivity index (χ2v) is 4.91. The molecule has 0 aliphatic heterocycles. The fraction of sp³-hybridized carbons (Fsp3) is 0.429. The van der Waals surface area contributed by atoms with E-state index in [-0.39, 0.29) is 24.9 Å². The SMILES string of the molecule is CCCC(C)(N)C(=O)NCC(=O)Nc1cccc(F)c1.Cl. The molecule has 2 amide bonds. The van der Waals surface area contributed by atoms with Crippen LogP contribution in [0.5, 0.6) is 0 Å². The first kappa shape index (κ1) is 19.3. The Hall–Kier alpha value is -1.66. The van der Waals surface area contributed by atoms with Gasteiger partial charge in [-0.3, -0.25) is 9.59 Å². The molecular formula is C14H21ClFN3O2. The summed E-state index contributed by atoms with van der Waals surface area (Å²) >= 11 is 0. The summed E-state index contributed by atoms with van der Waals surface area (Å²) < 4.78 is 12.9. The minimum absolute atomic E-state index is 0. The molecule has 0 heterocycles. The molecule has 0 saturated carbocycles. The van der Waals surface area contributed by atoms with Gasteiger partial charge in [0, 0.05) is 5.69 Å². The van der Waals surface area contributed by atoms with E-state index in [9.17, 15) is 14.0 Å². The summed E-state index contributed by atoms with van der Waals surface area (Å²) in [5.74, 6) is -1.26. The second kappa shape index (κ2) is 8.59. The summed E-state index contributed by atoms with van der Waals surface area (Å²) in [5, 5.41) is 4.96. The van der Waals surface area contributed by atoms with E-state index in [2.05, 4.69) is 10.6 Å². The van der Waals surface area contributed by atoms with E-state index in [0.29, 0.717) is 12.1 Å². The third kappa shape index (κ3) is 6.55. The van der Waals surface area contributed by atoms with Gasteiger partial charge in [-0.05, 0) is 31.5 Å². The minimum atomic E-state index is -0.992. The lowest BCUT2D eigenvalue weighted by molar-refractivity contribution is -0.128. The Balaban J connectivity index is 0.00000400. The summed E-state index contributed by atoms with van der Waals surface area (Å²) in [7, 11) is 0. The molecule has 0 saturated heterocycles. The third-order valence-electron chi connectivity index (χ3n) is 2.81. The van der Waals surface area contributed by atoms with Crippen molar-refractivity contribution >= 4 is 29.9 Å². The average Bonchev–Trinajstić information content (AvgIpc) is 2.35. The summed E-state index contributed by atoms with van der Waals surface area (Å²) in [4.78, 5) is 23.4. The van der Waals surface area contributed by atoms with E-state index in [0.717, 1.165) is 6.42 Å². The van der Waals surface area contributed by atoms with Crippen molar-refractivity contribution in [1.82, 2.24) is 5.32 Å². The lowest BCUT2D eigenvalue weighted by Crippen LogP contribution is -2.52. The highest BCUT2D eigenvalue weighted by Crippen LogP contribution is 2.09. The van der Waals surface area contributed by atoms with E-state index >= 15 is 0 Å². The number of halogens is 2. The molecular weight excluding hydrogens is 297 g/mol. The maximum Gasteiger partial charge on any atom is 0.243 e. The molecule has 118 valence electrons. The first-order valence-corrected chi connectivity index (χ1v) is 6.48. The van der Waals surface area contributed by atoms with Gasteiger partial charge in [0.05, 0.1) is 12.1 Å². The van der Waals surface area contributed by atoms with Crippen LogP contribution in [0.15, 0.2) is 24.3 Å². The lowest BCUT2D eigenvalue weighted by Gasteiger charge is -2.22. The van der Waals surface area contributed by atoms with Gasteiger partial charge in [0.1, 0.15) is 5.82 Å². The number of carbonyl (C=O) groups excluding carboxylic acids is 2. The number of rotatable bonds is 6.